The van der Waals surface area contributed by atoms with E-state index in [1.165, 1.54) is 44.9 Å². The first-order valence-corrected chi connectivity index (χ1v) is 8.99. The van der Waals surface area contributed by atoms with Gasteiger partial charge in [-0.1, -0.05) is 20.8 Å². The first-order valence-electron chi connectivity index (χ1n) is 8.99. The smallest absolute Gasteiger partial charge is 0.00164 e. The van der Waals surface area contributed by atoms with Crippen LogP contribution >= 0.6 is 0 Å². The molecule has 0 heterocycles. The van der Waals surface area contributed by atoms with Crippen LogP contribution in [-0.4, -0.2) is 6.21 Å². The largest absolute Gasteiger partial charge is 0.313 e. The first kappa shape index (κ1) is 13.3. The van der Waals surface area contributed by atoms with Gasteiger partial charge in [0, 0.05) is 0 Å². The summed E-state index contributed by atoms with van der Waals surface area (Å²) in [5, 5.41) is 7.70. The van der Waals surface area contributed by atoms with Gasteiger partial charge in [-0.05, 0) is 97.5 Å². The molecule has 4 aliphatic carbocycles. The van der Waals surface area contributed by atoms with Crippen molar-refractivity contribution >= 4 is 6.21 Å². The Morgan fingerprint density at radius 3 is 2.50 bits per heavy atom. The molecule has 0 aliphatic heterocycles. The number of fused-ring (bicyclic) bond motifs is 5. The van der Waals surface area contributed by atoms with E-state index in [2.05, 4.69) is 20.8 Å². The molecule has 20 heavy (non-hydrogen) atoms. The molecule has 0 radical (unpaired) electrons. The lowest BCUT2D eigenvalue weighted by Gasteiger charge is -2.47. The van der Waals surface area contributed by atoms with E-state index in [4.69, 9.17) is 5.41 Å². The van der Waals surface area contributed by atoms with Crippen LogP contribution in [0.2, 0.25) is 0 Å². The molecule has 1 heteroatoms. The van der Waals surface area contributed by atoms with Crippen molar-refractivity contribution < 1.29 is 0 Å². The molecule has 0 aromatic carbocycles. The third-order valence-corrected chi connectivity index (χ3v) is 8.73. The maximum absolute atomic E-state index is 7.70. The predicted molar refractivity (Wildman–Crippen MR) is 83.9 cm³/mol. The Morgan fingerprint density at radius 2 is 1.75 bits per heavy atom. The molecule has 0 spiro atoms. The van der Waals surface area contributed by atoms with Gasteiger partial charge < -0.3 is 5.41 Å². The van der Waals surface area contributed by atoms with Crippen LogP contribution in [0.15, 0.2) is 0 Å². The Hall–Kier alpha value is -0.330. The van der Waals surface area contributed by atoms with Crippen molar-refractivity contribution in [2.45, 2.75) is 65.7 Å². The Bertz CT molecular complexity index is 429. The van der Waals surface area contributed by atoms with Crippen molar-refractivity contribution in [3.63, 3.8) is 0 Å². The van der Waals surface area contributed by atoms with Gasteiger partial charge in [-0.15, -0.1) is 0 Å². The van der Waals surface area contributed by atoms with Gasteiger partial charge in [0.1, 0.15) is 0 Å². The molecule has 0 aromatic heterocycles. The molecule has 112 valence electrons. The number of hydrogen-bond acceptors (Lipinski definition) is 1. The lowest BCUT2D eigenvalue weighted by atomic mass is 9.58. The summed E-state index contributed by atoms with van der Waals surface area (Å²) in [6, 6.07) is 0. The molecule has 4 fully saturated rings. The van der Waals surface area contributed by atoms with Crippen molar-refractivity contribution in [1.82, 2.24) is 0 Å². The Morgan fingerprint density at radius 1 is 0.950 bits per heavy atom. The summed E-state index contributed by atoms with van der Waals surface area (Å²) in [6.07, 6.45) is 11.9. The Labute approximate surface area is 124 Å². The molecule has 0 aromatic rings. The number of nitrogens with one attached hydrogen (secondary N) is 1. The van der Waals surface area contributed by atoms with Crippen LogP contribution in [0.25, 0.3) is 0 Å². The van der Waals surface area contributed by atoms with Gasteiger partial charge in [0.15, 0.2) is 0 Å². The third kappa shape index (κ3) is 1.48. The highest BCUT2D eigenvalue weighted by atomic mass is 14.7. The summed E-state index contributed by atoms with van der Waals surface area (Å²) in [7, 11) is 0. The van der Waals surface area contributed by atoms with E-state index in [-0.39, 0.29) is 0 Å². The lowest BCUT2D eigenvalue weighted by molar-refractivity contribution is 0.0234. The fourth-order valence-corrected chi connectivity index (χ4v) is 7.41. The highest BCUT2D eigenvalue weighted by Crippen LogP contribution is 2.71. The summed E-state index contributed by atoms with van der Waals surface area (Å²) < 4.78 is 0. The first-order chi connectivity index (χ1) is 9.49. The van der Waals surface area contributed by atoms with Crippen LogP contribution in [0, 0.1) is 51.7 Å². The van der Waals surface area contributed by atoms with E-state index in [1.807, 2.05) is 0 Å². The third-order valence-electron chi connectivity index (χ3n) is 8.73. The van der Waals surface area contributed by atoms with Crippen molar-refractivity contribution in [3.05, 3.63) is 0 Å². The monoisotopic (exact) mass is 273 g/mol. The highest BCUT2D eigenvalue weighted by Gasteiger charge is 2.63. The van der Waals surface area contributed by atoms with E-state index in [1.54, 1.807) is 6.21 Å². The minimum absolute atomic E-state index is 0.568. The van der Waals surface area contributed by atoms with Crippen LogP contribution in [0.5, 0.6) is 0 Å². The second kappa shape index (κ2) is 4.11. The maximum atomic E-state index is 7.70. The van der Waals surface area contributed by atoms with Crippen LogP contribution in [0.4, 0.5) is 0 Å². The molecular formula is C19H31N. The minimum atomic E-state index is 0.568. The van der Waals surface area contributed by atoms with Crippen LogP contribution in [0.3, 0.4) is 0 Å². The fourth-order valence-electron chi connectivity index (χ4n) is 7.41. The van der Waals surface area contributed by atoms with Crippen LogP contribution in [-0.2, 0) is 0 Å². The number of hydrogen-bond donors (Lipinski definition) is 1. The Kier molecular flexibility index (Phi) is 2.74. The molecule has 1 nitrogen and oxygen atoms in total. The van der Waals surface area contributed by atoms with Gasteiger partial charge in [-0.3, -0.25) is 0 Å². The lowest BCUT2D eigenvalue weighted by Crippen LogP contribution is -2.39. The van der Waals surface area contributed by atoms with Gasteiger partial charge in [-0.25, -0.2) is 0 Å². The molecule has 4 aliphatic rings. The van der Waals surface area contributed by atoms with E-state index >= 15 is 0 Å². The van der Waals surface area contributed by atoms with E-state index in [0.29, 0.717) is 16.7 Å². The van der Waals surface area contributed by atoms with Crippen molar-refractivity contribution in [1.29, 1.82) is 5.41 Å². The fraction of sp³-hybridized carbons (Fsp3) is 0.947. The molecular weight excluding hydrogens is 242 g/mol. The number of rotatable bonds is 1. The zero-order chi connectivity index (χ0) is 14.1. The van der Waals surface area contributed by atoms with Crippen molar-refractivity contribution in [2.24, 2.45) is 46.3 Å². The van der Waals surface area contributed by atoms with Crippen molar-refractivity contribution in [3.8, 4) is 0 Å². The summed E-state index contributed by atoms with van der Waals surface area (Å²) in [4.78, 5) is 0. The second-order valence-electron chi connectivity index (χ2n) is 9.21. The molecule has 0 bridgehead atoms. The van der Waals surface area contributed by atoms with Gasteiger partial charge in [0.2, 0.25) is 0 Å². The van der Waals surface area contributed by atoms with Crippen molar-refractivity contribution in [2.75, 3.05) is 0 Å². The molecule has 4 saturated carbocycles. The standard InChI is InChI=1S/C19H31N/c1-12-4-7-16-15-6-5-14-8-13(11-20)9-19(14,3)17(15)10-18(12,16)2/h11-17,20H,4-10H2,1-3H3. The van der Waals surface area contributed by atoms with Crippen LogP contribution < -0.4 is 0 Å². The quantitative estimate of drug-likeness (QED) is 0.639. The molecule has 8 atom stereocenters. The summed E-state index contributed by atoms with van der Waals surface area (Å²) in [6.45, 7) is 7.74. The summed E-state index contributed by atoms with van der Waals surface area (Å²) >= 11 is 0. The molecule has 0 amide bonds. The normalized spacial score (nSPS) is 61.0. The molecule has 4 rings (SSSR count). The zero-order valence-electron chi connectivity index (χ0n) is 13.5. The van der Waals surface area contributed by atoms with E-state index in [9.17, 15) is 0 Å². The topological polar surface area (TPSA) is 23.9 Å². The summed E-state index contributed by atoms with van der Waals surface area (Å²) in [5.74, 6) is 5.49. The van der Waals surface area contributed by atoms with Gasteiger partial charge in [0.05, 0.1) is 0 Å². The zero-order valence-corrected chi connectivity index (χ0v) is 13.5. The van der Waals surface area contributed by atoms with Gasteiger partial charge in [-0.2, -0.15) is 0 Å². The molecule has 8 unspecified atom stereocenters. The van der Waals surface area contributed by atoms with E-state index < -0.39 is 0 Å². The second-order valence-corrected chi connectivity index (χ2v) is 9.21. The van der Waals surface area contributed by atoms with E-state index in [0.717, 1.165) is 29.6 Å². The minimum Gasteiger partial charge on any atom is -0.313 e. The van der Waals surface area contributed by atoms with Gasteiger partial charge in [0.25, 0.3) is 0 Å². The Balaban J connectivity index is 1.67. The maximum Gasteiger partial charge on any atom is -0.00164 e. The average Bonchev–Trinajstić information content (AvgIpc) is 3.00. The molecule has 0 saturated heterocycles. The van der Waals surface area contributed by atoms with Crippen LogP contribution in [0.1, 0.15) is 65.7 Å². The average molecular weight is 273 g/mol. The van der Waals surface area contributed by atoms with Gasteiger partial charge >= 0.3 is 0 Å². The summed E-state index contributed by atoms with van der Waals surface area (Å²) in [5.41, 5.74) is 1.22. The highest BCUT2D eigenvalue weighted by molar-refractivity contribution is 5.57. The molecule has 1 N–H and O–H groups in total. The SMILES string of the molecule is CC1CCC2C3CCC4CC(C=N)CC4(C)C3CC12C. The predicted octanol–water partition coefficient (Wildman–Crippen LogP) is 5.15.